The molecule has 3 heteroatoms. The van der Waals surface area contributed by atoms with Crippen molar-refractivity contribution in [2.75, 3.05) is 6.54 Å². The van der Waals surface area contributed by atoms with Crippen LogP contribution in [0.2, 0.25) is 0 Å². The van der Waals surface area contributed by atoms with Crippen molar-refractivity contribution in [2.24, 2.45) is 5.92 Å². The Hall–Kier alpha value is -1.58. The van der Waals surface area contributed by atoms with Gasteiger partial charge in [-0.15, -0.1) is 0 Å². The molecular formula is C17H23NO2. The van der Waals surface area contributed by atoms with Crippen molar-refractivity contribution >= 4 is 0 Å². The van der Waals surface area contributed by atoms with E-state index in [-0.39, 0.29) is 0 Å². The quantitative estimate of drug-likeness (QED) is 0.795. The van der Waals surface area contributed by atoms with Gasteiger partial charge in [-0.05, 0) is 35.7 Å². The van der Waals surface area contributed by atoms with Crippen LogP contribution in [-0.2, 0) is 24.5 Å². The van der Waals surface area contributed by atoms with Crippen molar-refractivity contribution in [2.45, 2.75) is 33.6 Å². The zero-order valence-electron chi connectivity index (χ0n) is 12.3. The van der Waals surface area contributed by atoms with Gasteiger partial charge in [-0.1, -0.05) is 38.1 Å². The third kappa shape index (κ3) is 4.83. The minimum Gasteiger partial charge on any atom is -0.467 e. The monoisotopic (exact) mass is 273 g/mol. The minimum absolute atomic E-state index is 0.515. The molecule has 108 valence electrons. The lowest BCUT2D eigenvalue weighted by Gasteiger charge is -2.12. The summed E-state index contributed by atoms with van der Waals surface area (Å²) in [6, 6.07) is 12.2. The van der Waals surface area contributed by atoms with E-state index in [0.717, 1.165) is 18.8 Å². The Balaban J connectivity index is 1.83. The lowest BCUT2D eigenvalue weighted by molar-refractivity contribution is 0.0924. The van der Waals surface area contributed by atoms with Gasteiger partial charge in [-0.25, -0.2) is 0 Å². The highest BCUT2D eigenvalue weighted by Crippen LogP contribution is 2.12. The third-order valence-electron chi connectivity index (χ3n) is 3.07. The maximum atomic E-state index is 5.71. The van der Waals surface area contributed by atoms with Crippen LogP contribution < -0.4 is 5.32 Å². The molecule has 0 bridgehead atoms. The predicted molar refractivity (Wildman–Crippen MR) is 80.2 cm³/mol. The summed E-state index contributed by atoms with van der Waals surface area (Å²) in [5.74, 6) is 1.53. The zero-order valence-corrected chi connectivity index (χ0v) is 12.3. The van der Waals surface area contributed by atoms with Gasteiger partial charge in [-0.2, -0.15) is 0 Å². The van der Waals surface area contributed by atoms with Gasteiger partial charge in [0.05, 0.1) is 12.9 Å². The molecule has 0 saturated carbocycles. The van der Waals surface area contributed by atoms with Crippen LogP contribution in [0.25, 0.3) is 0 Å². The number of rotatable bonds is 8. The molecular weight excluding hydrogens is 250 g/mol. The first kappa shape index (κ1) is 14.8. The SMILES string of the molecule is CC(C)CNCc1ccccc1COCc1ccco1. The summed E-state index contributed by atoms with van der Waals surface area (Å²) in [6.45, 7) is 7.47. The topological polar surface area (TPSA) is 34.4 Å². The molecule has 0 spiro atoms. The van der Waals surface area contributed by atoms with Crippen molar-refractivity contribution in [1.29, 1.82) is 0 Å². The van der Waals surface area contributed by atoms with Gasteiger partial charge in [0, 0.05) is 6.54 Å². The largest absolute Gasteiger partial charge is 0.467 e. The summed E-state index contributed by atoms with van der Waals surface area (Å²) in [6.07, 6.45) is 1.67. The van der Waals surface area contributed by atoms with Gasteiger partial charge in [-0.3, -0.25) is 0 Å². The number of ether oxygens (including phenoxy) is 1. The van der Waals surface area contributed by atoms with Gasteiger partial charge < -0.3 is 14.5 Å². The molecule has 0 saturated heterocycles. The molecule has 0 unspecified atom stereocenters. The van der Waals surface area contributed by atoms with Crippen molar-refractivity contribution in [1.82, 2.24) is 5.32 Å². The molecule has 1 heterocycles. The number of furan rings is 1. The van der Waals surface area contributed by atoms with E-state index in [0.29, 0.717) is 19.1 Å². The highest BCUT2D eigenvalue weighted by atomic mass is 16.5. The molecule has 1 aromatic carbocycles. The Morgan fingerprint density at radius 2 is 1.85 bits per heavy atom. The van der Waals surface area contributed by atoms with E-state index in [4.69, 9.17) is 9.15 Å². The average Bonchev–Trinajstić information content (AvgIpc) is 2.93. The van der Waals surface area contributed by atoms with Crippen LogP contribution in [0.1, 0.15) is 30.7 Å². The molecule has 1 N–H and O–H groups in total. The van der Waals surface area contributed by atoms with Gasteiger partial charge >= 0.3 is 0 Å². The van der Waals surface area contributed by atoms with E-state index in [1.165, 1.54) is 11.1 Å². The smallest absolute Gasteiger partial charge is 0.129 e. The Morgan fingerprint density at radius 3 is 2.55 bits per heavy atom. The molecule has 2 aromatic rings. The third-order valence-corrected chi connectivity index (χ3v) is 3.07. The molecule has 1 aromatic heterocycles. The van der Waals surface area contributed by atoms with Crippen LogP contribution in [0.5, 0.6) is 0 Å². The summed E-state index contributed by atoms with van der Waals surface area (Å²) in [5.41, 5.74) is 2.53. The van der Waals surface area contributed by atoms with E-state index in [2.05, 4.69) is 43.4 Å². The number of hydrogen-bond acceptors (Lipinski definition) is 3. The standard InChI is InChI=1S/C17H23NO2/c1-14(2)10-18-11-15-6-3-4-7-16(15)12-19-13-17-8-5-9-20-17/h3-9,14,18H,10-13H2,1-2H3. The summed E-state index contributed by atoms with van der Waals surface area (Å²) in [4.78, 5) is 0. The lowest BCUT2D eigenvalue weighted by atomic mass is 10.1. The van der Waals surface area contributed by atoms with Gasteiger partial charge in [0.15, 0.2) is 0 Å². The van der Waals surface area contributed by atoms with Crippen LogP contribution >= 0.6 is 0 Å². The summed E-state index contributed by atoms with van der Waals surface area (Å²) in [7, 11) is 0. The molecule has 2 rings (SSSR count). The molecule has 0 fully saturated rings. The summed E-state index contributed by atoms with van der Waals surface area (Å²) < 4.78 is 11.0. The first-order chi connectivity index (χ1) is 9.75. The number of nitrogens with one attached hydrogen (secondary N) is 1. The van der Waals surface area contributed by atoms with Crippen LogP contribution in [0.15, 0.2) is 47.1 Å². The highest BCUT2D eigenvalue weighted by molar-refractivity contribution is 5.26. The predicted octanol–water partition coefficient (Wildman–Crippen LogP) is 3.74. The van der Waals surface area contributed by atoms with Crippen LogP contribution in [0.4, 0.5) is 0 Å². The first-order valence-electron chi connectivity index (χ1n) is 7.13. The second kappa shape index (κ2) is 7.88. The maximum absolute atomic E-state index is 5.71. The summed E-state index contributed by atoms with van der Waals surface area (Å²) >= 11 is 0. The van der Waals surface area contributed by atoms with E-state index in [1.54, 1.807) is 6.26 Å². The number of hydrogen-bond donors (Lipinski definition) is 1. The fourth-order valence-corrected chi connectivity index (χ4v) is 2.02. The Bertz CT molecular complexity index is 491. The fraction of sp³-hybridized carbons (Fsp3) is 0.412. The second-order valence-corrected chi connectivity index (χ2v) is 5.37. The minimum atomic E-state index is 0.515. The zero-order chi connectivity index (χ0) is 14.2. The van der Waals surface area contributed by atoms with Crippen molar-refractivity contribution in [3.63, 3.8) is 0 Å². The second-order valence-electron chi connectivity index (χ2n) is 5.37. The van der Waals surface area contributed by atoms with E-state index in [1.807, 2.05) is 12.1 Å². The highest BCUT2D eigenvalue weighted by Gasteiger charge is 2.03. The molecule has 3 nitrogen and oxygen atoms in total. The Labute approximate surface area is 121 Å². The van der Waals surface area contributed by atoms with Crippen LogP contribution in [-0.4, -0.2) is 6.54 Å². The Kier molecular flexibility index (Phi) is 5.84. The normalized spacial score (nSPS) is 11.2. The fourth-order valence-electron chi connectivity index (χ4n) is 2.02. The first-order valence-corrected chi connectivity index (χ1v) is 7.13. The number of benzene rings is 1. The van der Waals surface area contributed by atoms with Gasteiger partial charge in [0.1, 0.15) is 12.4 Å². The molecule has 0 aliphatic rings. The molecule has 0 aliphatic heterocycles. The van der Waals surface area contributed by atoms with E-state index in [9.17, 15) is 0 Å². The van der Waals surface area contributed by atoms with Gasteiger partial charge in [0.25, 0.3) is 0 Å². The van der Waals surface area contributed by atoms with Gasteiger partial charge in [0.2, 0.25) is 0 Å². The molecule has 0 radical (unpaired) electrons. The van der Waals surface area contributed by atoms with Crippen LogP contribution in [0, 0.1) is 5.92 Å². The van der Waals surface area contributed by atoms with Crippen LogP contribution in [0.3, 0.4) is 0 Å². The summed E-state index contributed by atoms with van der Waals surface area (Å²) in [5, 5.41) is 3.47. The molecule has 0 aliphatic carbocycles. The van der Waals surface area contributed by atoms with E-state index >= 15 is 0 Å². The van der Waals surface area contributed by atoms with Crippen molar-refractivity contribution in [3.8, 4) is 0 Å². The Morgan fingerprint density at radius 1 is 1.05 bits per heavy atom. The van der Waals surface area contributed by atoms with Crippen molar-refractivity contribution in [3.05, 3.63) is 59.5 Å². The van der Waals surface area contributed by atoms with E-state index < -0.39 is 0 Å². The lowest BCUT2D eigenvalue weighted by Crippen LogP contribution is -2.19. The van der Waals surface area contributed by atoms with Crippen molar-refractivity contribution < 1.29 is 9.15 Å². The molecule has 0 atom stereocenters. The molecule has 20 heavy (non-hydrogen) atoms. The average molecular weight is 273 g/mol. The maximum Gasteiger partial charge on any atom is 0.129 e. The molecule has 0 amide bonds.